The number of nitrogens with zero attached hydrogens (tertiary/aromatic N) is 1. The number of aliphatic imine (C=N–C) groups is 1. The van der Waals surface area contributed by atoms with Gasteiger partial charge >= 0.3 is 12.2 Å². The first-order valence-corrected chi connectivity index (χ1v) is 8.01. The van der Waals surface area contributed by atoms with Crippen LogP contribution in [0.5, 0.6) is 0 Å². The van der Waals surface area contributed by atoms with Gasteiger partial charge in [-0.15, -0.1) is 0 Å². The summed E-state index contributed by atoms with van der Waals surface area (Å²) in [7, 11) is 0. The monoisotopic (exact) mass is 349 g/mol. The van der Waals surface area contributed by atoms with Crippen molar-refractivity contribution in [1.29, 1.82) is 0 Å². The lowest BCUT2D eigenvalue weighted by Crippen LogP contribution is -2.37. The van der Waals surface area contributed by atoms with Crippen LogP contribution in [0.2, 0.25) is 0 Å². The molecule has 25 heavy (non-hydrogen) atoms. The Balaban J connectivity index is 3.08. The zero-order valence-electron chi connectivity index (χ0n) is 15.7. The molecule has 0 aliphatic carbocycles. The maximum Gasteiger partial charge on any atom is 0.436 e. The van der Waals surface area contributed by atoms with Crippen molar-refractivity contribution in [1.82, 2.24) is 5.32 Å². The smallest absolute Gasteiger partial charge is 0.436 e. The first kappa shape index (κ1) is 20.6. The van der Waals surface area contributed by atoms with Crippen molar-refractivity contribution < 1.29 is 19.1 Å². The molecule has 1 rings (SSSR count). The Morgan fingerprint density at radius 2 is 1.52 bits per heavy atom. The number of benzene rings is 1. The standard InChI is InChI=1S/C18H27N3O4/c1-17(2,3)24-15(22)20-14(21-16(23)25-18(4,5)6)13-9-7-12(11-19)8-10-13/h7-10H,11,19H2,1-6H3,(H,20,21,22,23). The highest BCUT2D eigenvalue weighted by molar-refractivity contribution is 6.10. The molecular weight excluding hydrogens is 322 g/mol. The molecular formula is C18H27N3O4. The fourth-order valence-corrected chi connectivity index (χ4v) is 1.74. The number of nitrogens with one attached hydrogen (secondary N) is 1. The van der Waals surface area contributed by atoms with Crippen molar-refractivity contribution in [2.24, 2.45) is 10.7 Å². The van der Waals surface area contributed by atoms with Crippen molar-refractivity contribution in [3.8, 4) is 0 Å². The predicted octanol–water partition coefficient (Wildman–Crippen LogP) is 3.35. The normalized spacial score (nSPS) is 12.5. The number of amidine groups is 1. The van der Waals surface area contributed by atoms with Crippen molar-refractivity contribution in [2.45, 2.75) is 59.3 Å². The van der Waals surface area contributed by atoms with Crippen molar-refractivity contribution in [2.75, 3.05) is 0 Å². The molecule has 0 fully saturated rings. The predicted molar refractivity (Wildman–Crippen MR) is 96.5 cm³/mol. The largest absolute Gasteiger partial charge is 0.444 e. The lowest BCUT2D eigenvalue weighted by Gasteiger charge is -2.21. The van der Waals surface area contributed by atoms with Gasteiger partial charge in [0.15, 0.2) is 0 Å². The van der Waals surface area contributed by atoms with Gasteiger partial charge < -0.3 is 15.2 Å². The maximum atomic E-state index is 12.0. The van der Waals surface area contributed by atoms with E-state index in [1.807, 2.05) is 0 Å². The SMILES string of the molecule is CC(C)(C)OC(=O)N=C(NC(=O)OC(C)(C)C)c1ccc(CN)cc1. The molecule has 0 unspecified atom stereocenters. The average Bonchev–Trinajstić information content (AvgIpc) is 2.42. The molecule has 1 aromatic carbocycles. The van der Waals surface area contributed by atoms with Gasteiger partial charge in [-0.1, -0.05) is 24.3 Å². The summed E-state index contributed by atoms with van der Waals surface area (Å²) in [5.41, 5.74) is 5.66. The zero-order chi connectivity index (χ0) is 19.3. The van der Waals surface area contributed by atoms with Gasteiger partial charge in [0.25, 0.3) is 0 Å². The van der Waals surface area contributed by atoms with E-state index in [2.05, 4.69) is 10.3 Å². The number of alkyl carbamates (subject to hydrolysis) is 1. The van der Waals surface area contributed by atoms with Crippen LogP contribution in [0.25, 0.3) is 0 Å². The van der Waals surface area contributed by atoms with E-state index in [4.69, 9.17) is 15.2 Å². The maximum absolute atomic E-state index is 12.0. The van der Waals surface area contributed by atoms with Crippen molar-refractivity contribution in [3.05, 3.63) is 35.4 Å². The van der Waals surface area contributed by atoms with Crippen LogP contribution in [-0.2, 0) is 16.0 Å². The van der Waals surface area contributed by atoms with Gasteiger partial charge in [-0.25, -0.2) is 9.59 Å². The highest BCUT2D eigenvalue weighted by Gasteiger charge is 2.21. The van der Waals surface area contributed by atoms with Gasteiger partial charge in [0.2, 0.25) is 0 Å². The molecule has 0 bridgehead atoms. The first-order valence-electron chi connectivity index (χ1n) is 8.01. The summed E-state index contributed by atoms with van der Waals surface area (Å²) in [5.74, 6) is 0.0482. The Hall–Kier alpha value is -2.41. The Labute approximate surface area is 148 Å². The Morgan fingerprint density at radius 1 is 1.00 bits per heavy atom. The number of ether oxygens (including phenoxy) is 2. The second-order valence-corrected chi connectivity index (χ2v) is 7.47. The zero-order valence-corrected chi connectivity index (χ0v) is 15.7. The number of hydrogen-bond donors (Lipinski definition) is 2. The molecule has 0 aromatic heterocycles. The summed E-state index contributed by atoms with van der Waals surface area (Å²) in [6, 6.07) is 7.00. The minimum absolute atomic E-state index is 0.0482. The molecule has 7 nitrogen and oxygen atoms in total. The van der Waals surface area contributed by atoms with Crippen LogP contribution in [0.3, 0.4) is 0 Å². The lowest BCUT2D eigenvalue weighted by molar-refractivity contribution is 0.0563. The number of amides is 2. The van der Waals surface area contributed by atoms with E-state index in [1.165, 1.54) is 0 Å². The van der Waals surface area contributed by atoms with Crippen LogP contribution in [0, 0.1) is 0 Å². The fourth-order valence-electron chi connectivity index (χ4n) is 1.74. The van der Waals surface area contributed by atoms with E-state index in [1.54, 1.807) is 65.8 Å². The van der Waals surface area contributed by atoms with Crippen LogP contribution >= 0.6 is 0 Å². The van der Waals surface area contributed by atoms with Crippen LogP contribution in [0.4, 0.5) is 9.59 Å². The lowest BCUT2D eigenvalue weighted by atomic mass is 10.1. The van der Waals surface area contributed by atoms with Gasteiger partial charge in [-0.2, -0.15) is 4.99 Å². The van der Waals surface area contributed by atoms with Gasteiger partial charge in [0, 0.05) is 12.1 Å². The Kier molecular flexibility index (Phi) is 6.70. The summed E-state index contributed by atoms with van der Waals surface area (Å²) in [4.78, 5) is 27.9. The summed E-state index contributed by atoms with van der Waals surface area (Å²) < 4.78 is 10.4. The van der Waals surface area contributed by atoms with Gasteiger partial charge in [-0.3, -0.25) is 5.32 Å². The molecule has 0 heterocycles. The second-order valence-electron chi connectivity index (χ2n) is 7.47. The first-order chi connectivity index (χ1) is 11.4. The van der Waals surface area contributed by atoms with E-state index in [0.717, 1.165) is 5.56 Å². The Morgan fingerprint density at radius 3 is 1.96 bits per heavy atom. The molecule has 0 saturated carbocycles. The third-order valence-corrected chi connectivity index (χ3v) is 2.68. The van der Waals surface area contributed by atoms with Crippen LogP contribution < -0.4 is 11.1 Å². The molecule has 0 aliphatic rings. The van der Waals surface area contributed by atoms with Crippen LogP contribution in [0.15, 0.2) is 29.3 Å². The van der Waals surface area contributed by atoms with E-state index in [0.29, 0.717) is 12.1 Å². The topological polar surface area (TPSA) is 103 Å². The minimum Gasteiger partial charge on any atom is -0.444 e. The number of nitrogens with two attached hydrogens (primary N) is 1. The molecule has 0 saturated heterocycles. The molecule has 7 heteroatoms. The van der Waals surface area contributed by atoms with Gasteiger partial charge in [0.05, 0.1) is 0 Å². The molecule has 0 aliphatic heterocycles. The van der Waals surface area contributed by atoms with Crippen LogP contribution in [-0.4, -0.2) is 29.2 Å². The summed E-state index contributed by atoms with van der Waals surface area (Å²) in [5, 5.41) is 2.50. The molecule has 0 spiro atoms. The van der Waals surface area contributed by atoms with Crippen LogP contribution in [0.1, 0.15) is 52.7 Å². The molecule has 2 amide bonds. The number of carbonyl (C=O) groups is 2. The summed E-state index contributed by atoms with van der Waals surface area (Å²) in [6.45, 7) is 10.8. The number of rotatable bonds is 2. The van der Waals surface area contributed by atoms with E-state index in [-0.39, 0.29) is 5.84 Å². The summed E-state index contributed by atoms with van der Waals surface area (Å²) >= 11 is 0. The third kappa shape index (κ3) is 8.30. The van der Waals surface area contributed by atoms with E-state index < -0.39 is 23.4 Å². The number of hydrogen-bond acceptors (Lipinski definition) is 5. The van der Waals surface area contributed by atoms with Gasteiger partial charge in [-0.05, 0) is 47.1 Å². The quantitative estimate of drug-likeness (QED) is 0.629. The molecule has 3 N–H and O–H groups in total. The highest BCUT2D eigenvalue weighted by atomic mass is 16.6. The van der Waals surface area contributed by atoms with Crippen molar-refractivity contribution >= 4 is 18.0 Å². The third-order valence-electron chi connectivity index (χ3n) is 2.68. The van der Waals surface area contributed by atoms with Crippen molar-refractivity contribution in [3.63, 3.8) is 0 Å². The second kappa shape index (κ2) is 8.11. The van der Waals surface area contributed by atoms with E-state index >= 15 is 0 Å². The molecule has 0 atom stereocenters. The molecule has 1 aromatic rings. The number of carbonyl (C=O) groups excluding carboxylic acids is 2. The highest BCUT2D eigenvalue weighted by Crippen LogP contribution is 2.11. The fraction of sp³-hybridized carbons (Fsp3) is 0.500. The molecule has 138 valence electrons. The summed E-state index contributed by atoms with van der Waals surface area (Å²) in [6.07, 6.45) is -1.51. The average molecular weight is 349 g/mol. The Bertz CT molecular complexity index is 638. The molecule has 0 radical (unpaired) electrons. The van der Waals surface area contributed by atoms with Gasteiger partial charge in [0.1, 0.15) is 17.0 Å². The van der Waals surface area contributed by atoms with E-state index in [9.17, 15) is 9.59 Å². The minimum atomic E-state index is -0.804.